The Hall–Kier alpha value is -3.22. The van der Waals surface area contributed by atoms with Crippen LogP contribution < -0.4 is 4.74 Å². The molecular weight excluding hydrogens is 320 g/mol. The predicted octanol–water partition coefficient (Wildman–Crippen LogP) is 3.80. The van der Waals surface area contributed by atoms with E-state index in [1.165, 1.54) is 31.5 Å². The second-order valence-electron chi connectivity index (χ2n) is 4.90. The van der Waals surface area contributed by atoms with E-state index in [4.69, 9.17) is 4.74 Å². The third kappa shape index (κ3) is 2.96. The molecule has 0 aliphatic heterocycles. The van der Waals surface area contributed by atoms with E-state index >= 15 is 0 Å². The minimum atomic E-state index is -0.759. The molecule has 3 rings (SSSR count). The fourth-order valence-electron chi connectivity index (χ4n) is 2.22. The highest BCUT2D eigenvalue weighted by molar-refractivity contribution is 5.99. The van der Waals surface area contributed by atoms with Crippen LogP contribution in [0.1, 0.15) is 10.5 Å². The molecule has 1 aromatic heterocycles. The SMILES string of the molecule is COC(=O)c1ncc2cc(Oc3cc(F)cc(F)c3)ccc2c1O. The average Bonchev–Trinajstić information content (AvgIpc) is 2.53. The number of carbonyl (C=O) groups excluding carboxylic acids is 1. The molecule has 0 aliphatic rings. The van der Waals surface area contributed by atoms with E-state index in [9.17, 15) is 18.7 Å². The van der Waals surface area contributed by atoms with Crippen LogP contribution >= 0.6 is 0 Å². The zero-order valence-corrected chi connectivity index (χ0v) is 12.4. The van der Waals surface area contributed by atoms with Crippen molar-refractivity contribution in [2.75, 3.05) is 7.11 Å². The van der Waals surface area contributed by atoms with Crippen molar-refractivity contribution in [1.82, 2.24) is 4.98 Å². The summed E-state index contributed by atoms with van der Waals surface area (Å²) in [5.41, 5.74) is -0.203. The smallest absolute Gasteiger partial charge is 0.360 e. The van der Waals surface area contributed by atoms with E-state index < -0.39 is 17.6 Å². The number of aromatic nitrogens is 1. The van der Waals surface area contributed by atoms with Crippen LogP contribution in [0.15, 0.2) is 42.6 Å². The van der Waals surface area contributed by atoms with Gasteiger partial charge in [-0.2, -0.15) is 0 Å². The van der Waals surface area contributed by atoms with Gasteiger partial charge in [0, 0.05) is 35.2 Å². The number of pyridine rings is 1. The molecule has 3 aromatic rings. The van der Waals surface area contributed by atoms with Crippen LogP contribution in [0, 0.1) is 11.6 Å². The van der Waals surface area contributed by atoms with Gasteiger partial charge in [0.1, 0.15) is 23.1 Å². The minimum Gasteiger partial charge on any atom is -0.505 e. The Balaban J connectivity index is 1.98. The molecule has 0 amide bonds. The van der Waals surface area contributed by atoms with Crippen molar-refractivity contribution in [2.45, 2.75) is 0 Å². The number of nitrogens with zero attached hydrogens (tertiary/aromatic N) is 1. The van der Waals surface area contributed by atoms with E-state index in [1.807, 2.05) is 0 Å². The van der Waals surface area contributed by atoms with Gasteiger partial charge in [0.2, 0.25) is 0 Å². The first-order valence-corrected chi connectivity index (χ1v) is 6.82. The number of esters is 1. The number of halogens is 2. The molecule has 2 aromatic carbocycles. The number of hydrogen-bond acceptors (Lipinski definition) is 5. The van der Waals surface area contributed by atoms with E-state index in [0.717, 1.165) is 18.2 Å². The Morgan fingerprint density at radius 2 is 1.79 bits per heavy atom. The molecule has 0 aliphatic carbocycles. The molecule has 0 saturated carbocycles. The molecule has 7 heteroatoms. The van der Waals surface area contributed by atoms with Gasteiger partial charge in [-0.05, 0) is 18.2 Å². The van der Waals surface area contributed by atoms with Gasteiger partial charge >= 0.3 is 5.97 Å². The second kappa shape index (κ2) is 6.11. The van der Waals surface area contributed by atoms with Crippen LogP contribution in [0.5, 0.6) is 17.2 Å². The highest BCUT2D eigenvalue weighted by Crippen LogP contribution is 2.32. The Morgan fingerprint density at radius 1 is 1.08 bits per heavy atom. The molecule has 1 heterocycles. The van der Waals surface area contributed by atoms with Crippen molar-refractivity contribution in [3.63, 3.8) is 0 Å². The minimum absolute atomic E-state index is 0.00443. The summed E-state index contributed by atoms with van der Waals surface area (Å²) in [6.07, 6.45) is 1.36. The highest BCUT2D eigenvalue weighted by atomic mass is 19.1. The van der Waals surface area contributed by atoms with Gasteiger partial charge in [-0.15, -0.1) is 0 Å². The predicted molar refractivity (Wildman–Crippen MR) is 81.2 cm³/mol. The summed E-state index contributed by atoms with van der Waals surface area (Å²) in [4.78, 5) is 15.4. The Morgan fingerprint density at radius 3 is 2.46 bits per heavy atom. The van der Waals surface area contributed by atoms with Gasteiger partial charge in [-0.25, -0.2) is 18.6 Å². The molecule has 5 nitrogen and oxygen atoms in total. The van der Waals surface area contributed by atoms with Gasteiger partial charge in [-0.1, -0.05) is 0 Å². The molecule has 0 fully saturated rings. The monoisotopic (exact) mass is 331 g/mol. The number of ether oxygens (including phenoxy) is 2. The summed E-state index contributed by atoms with van der Waals surface area (Å²) < 4.78 is 36.3. The molecule has 0 unspecified atom stereocenters. The van der Waals surface area contributed by atoms with Crippen LogP contribution in [0.4, 0.5) is 8.78 Å². The molecule has 24 heavy (non-hydrogen) atoms. The van der Waals surface area contributed by atoms with Gasteiger partial charge in [-0.3, -0.25) is 0 Å². The number of fused-ring (bicyclic) bond motifs is 1. The first-order chi connectivity index (χ1) is 11.5. The van der Waals surface area contributed by atoms with E-state index in [1.54, 1.807) is 0 Å². The molecule has 0 spiro atoms. The highest BCUT2D eigenvalue weighted by Gasteiger charge is 2.16. The van der Waals surface area contributed by atoms with Crippen molar-refractivity contribution < 1.29 is 28.2 Å². The zero-order valence-electron chi connectivity index (χ0n) is 12.4. The summed E-state index contributed by atoms with van der Waals surface area (Å²) >= 11 is 0. The molecule has 0 bridgehead atoms. The van der Waals surface area contributed by atoms with Crippen molar-refractivity contribution >= 4 is 16.7 Å². The van der Waals surface area contributed by atoms with Gasteiger partial charge < -0.3 is 14.6 Å². The van der Waals surface area contributed by atoms with Crippen molar-refractivity contribution in [1.29, 1.82) is 0 Å². The largest absolute Gasteiger partial charge is 0.505 e. The molecule has 0 atom stereocenters. The van der Waals surface area contributed by atoms with E-state index in [-0.39, 0.29) is 17.2 Å². The lowest BCUT2D eigenvalue weighted by atomic mass is 10.1. The Labute approximate surface area is 135 Å². The quantitative estimate of drug-likeness (QED) is 0.739. The first kappa shape index (κ1) is 15.7. The number of carbonyl (C=O) groups is 1. The number of aromatic hydroxyl groups is 1. The van der Waals surface area contributed by atoms with Crippen molar-refractivity contribution in [3.05, 3.63) is 59.9 Å². The summed E-state index contributed by atoms with van der Waals surface area (Å²) in [6.45, 7) is 0. The fourth-order valence-corrected chi connectivity index (χ4v) is 2.22. The number of hydrogen-bond donors (Lipinski definition) is 1. The molecule has 0 saturated heterocycles. The first-order valence-electron chi connectivity index (χ1n) is 6.82. The van der Waals surface area contributed by atoms with Crippen LogP contribution in [0.25, 0.3) is 10.8 Å². The maximum atomic E-state index is 13.2. The van der Waals surface area contributed by atoms with E-state index in [2.05, 4.69) is 9.72 Å². The van der Waals surface area contributed by atoms with Crippen LogP contribution in [-0.2, 0) is 4.74 Å². The number of methoxy groups -OCH3 is 1. The molecule has 0 radical (unpaired) electrons. The standard InChI is InChI=1S/C17H11F2NO4/c1-23-17(22)15-16(21)14-3-2-12(4-9(14)8-20-15)24-13-6-10(18)5-11(19)7-13/h2-8,21H,1H3. The lowest BCUT2D eigenvalue weighted by molar-refractivity contribution is 0.0591. The topological polar surface area (TPSA) is 68.7 Å². The third-order valence-corrected chi connectivity index (χ3v) is 3.29. The Kier molecular flexibility index (Phi) is 3.99. The van der Waals surface area contributed by atoms with Crippen LogP contribution in [0.2, 0.25) is 0 Å². The Bertz CT molecular complexity index is 923. The summed E-state index contributed by atoms with van der Waals surface area (Å²) in [6, 6.07) is 7.35. The lowest BCUT2D eigenvalue weighted by Crippen LogP contribution is -2.04. The summed E-state index contributed by atoms with van der Waals surface area (Å²) in [7, 11) is 1.18. The normalized spacial score (nSPS) is 10.6. The molecular formula is C17H11F2NO4. The maximum Gasteiger partial charge on any atom is 0.360 e. The fraction of sp³-hybridized carbons (Fsp3) is 0.0588. The summed E-state index contributed by atoms with van der Waals surface area (Å²) in [5.74, 6) is -2.30. The van der Waals surface area contributed by atoms with Gasteiger partial charge in [0.05, 0.1) is 7.11 Å². The zero-order chi connectivity index (χ0) is 17.3. The van der Waals surface area contributed by atoms with Crippen LogP contribution in [0.3, 0.4) is 0 Å². The number of rotatable bonds is 3. The van der Waals surface area contributed by atoms with Gasteiger partial charge in [0.15, 0.2) is 11.4 Å². The van der Waals surface area contributed by atoms with Crippen LogP contribution in [-0.4, -0.2) is 23.2 Å². The average molecular weight is 331 g/mol. The third-order valence-electron chi connectivity index (χ3n) is 3.29. The number of benzene rings is 2. The molecule has 1 N–H and O–H groups in total. The second-order valence-corrected chi connectivity index (χ2v) is 4.90. The molecule has 122 valence electrons. The maximum absolute atomic E-state index is 13.2. The van der Waals surface area contributed by atoms with E-state index in [0.29, 0.717) is 16.5 Å². The van der Waals surface area contributed by atoms with Crippen molar-refractivity contribution in [3.8, 4) is 17.2 Å². The summed E-state index contributed by atoms with van der Waals surface area (Å²) in [5, 5.41) is 10.9. The van der Waals surface area contributed by atoms with Crippen molar-refractivity contribution in [2.24, 2.45) is 0 Å². The lowest BCUT2D eigenvalue weighted by Gasteiger charge is -2.09. The van der Waals surface area contributed by atoms with Gasteiger partial charge in [0.25, 0.3) is 0 Å².